The van der Waals surface area contributed by atoms with Crippen LogP contribution in [0.4, 0.5) is 13.2 Å². The molecule has 7 heteroatoms. The zero-order chi connectivity index (χ0) is 13.1. The first-order valence-corrected chi connectivity index (χ1v) is 5.10. The van der Waals surface area contributed by atoms with Gasteiger partial charge in [-0.1, -0.05) is 0 Å². The van der Waals surface area contributed by atoms with E-state index in [4.69, 9.17) is 16.7 Å². The van der Waals surface area contributed by atoms with Gasteiger partial charge in [-0.25, -0.2) is 0 Å². The number of hydrogen-bond donors (Lipinski definition) is 2. The summed E-state index contributed by atoms with van der Waals surface area (Å²) in [5.41, 5.74) is -1.11. The summed E-state index contributed by atoms with van der Waals surface area (Å²) in [5, 5.41) is 11.3. The van der Waals surface area contributed by atoms with E-state index in [0.29, 0.717) is 0 Å². The lowest BCUT2D eigenvalue weighted by molar-refractivity contribution is -0.138. The third-order valence-electron chi connectivity index (χ3n) is 1.99. The second-order valence-corrected chi connectivity index (χ2v) is 3.52. The molecule has 0 aliphatic heterocycles. The van der Waals surface area contributed by atoms with Crippen LogP contribution in [0, 0.1) is 0 Å². The number of benzene rings is 1. The lowest BCUT2D eigenvalue weighted by atomic mass is 10.1. The monoisotopic (exact) mass is 267 g/mol. The number of carbonyl (C=O) groups excluding carboxylic acids is 1. The Morgan fingerprint density at radius 1 is 1.41 bits per heavy atom. The minimum atomic E-state index is -4.53. The molecule has 3 nitrogen and oxygen atoms in total. The highest BCUT2D eigenvalue weighted by Gasteiger charge is 2.33. The van der Waals surface area contributed by atoms with E-state index in [-0.39, 0.29) is 23.7 Å². The molecule has 94 valence electrons. The van der Waals surface area contributed by atoms with Gasteiger partial charge in [0.05, 0.1) is 5.56 Å². The Labute approximate surface area is 100 Å². The summed E-state index contributed by atoms with van der Waals surface area (Å²) in [4.78, 5) is 10.8. The van der Waals surface area contributed by atoms with Gasteiger partial charge in [0.25, 0.3) is 0 Å². The molecule has 0 aliphatic carbocycles. The maximum atomic E-state index is 12.6. The Bertz CT molecular complexity index is 421. The van der Waals surface area contributed by atoms with E-state index in [9.17, 15) is 18.0 Å². The number of nitrogens with one attached hydrogen (secondary N) is 1. The molecule has 0 heterocycles. The third-order valence-corrected chi connectivity index (χ3v) is 2.23. The fraction of sp³-hybridized carbons (Fsp3) is 0.300. The van der Waals surface area contributed by atoms with Crippen LogP contribution in [0.2, 0.25) is 0 Å². The predicted molar refractivity (Wildman–Crippen MR) is 55.7 cm³/mol. The number of carbonyl (C=O) groups is 1. The van der Waals surface area contributed by atoms with Crippen molar-refractivity contribution >= 4 is 17.5 Å². The molecule has 1 amide bonds. The topological polar surface area (TPSA) is 49.3 Å². The average Bonchev–Trinajstić information content (AvgIpc) is 2.24. The first kappa shape index (κ1) is 13.6. The van der Waals surface area contributed by atoms with Crippen molar-refractivity contribution in [1.82, 2.24) is 5.32 Å². The molecule has 0 aliphatic rings. The number of halogens is 4. The van der Waals surface area contributed by atoms with Crippen LogP contribution in [0.3, 0.4) is 0 Å². The minimum Gasteiger partial charge on any atom is -0.508 e. The summed E-state index contributed by atoms with van der Waals surface area (Å²) in [6.07, 6.45) is -4.53. The van der Waals surface area contributed by atoms with Gasteiger partial charge in [0, 0.05) is 6.54 Å². The van der Waals surface area contributed by atoms with Crippen LogP contribution in [0.5, 0.6) is 5.75 Å². The molecule has 2 N–H and O–H groups in total. The van der Waals surface area contributed by atoms with E-state index < -0.39 is 17.6 Å². The molecule has 0 unspecified atom stereocenters. The highest BCUT2D eigenvalue weighted by molar-refractivity contribution is 6.27. The van der Waals surface area contributed by atoms with Crippen molar-refractivity contribution in [3.63, 3.8) is 0 Å². The van der Waals surface area contributed by atoms with Gasteiger partial charge in [-0.3, -0.25) is 4.79 Å². The molecule has 0 radical (unpaired) electrons. The van der Waals surface area contributed by atoms with Crippen molar-refractivity contribution in [2.75, 3.05) is 5.88 Å². The smallest absolute Gasteiger partial charge is 0.416 e. The number of amides is 1. The van der Waals surface area contributed by atoms with E-state index in [0.717, 1.165) is 18.2 Å². The second kappa shape index (κ2) is 5.27. The van der Waals surface area contributed by atoms with Crippen LogP contribution < -0.4 is 5.32 Å². The fourth-order valence-corrected chi connectivity index (χ4v) is 1.34. The number of phenolic OH excluding ortho intramolecular Hbond substituents is 1. The van der Waals surface area contributed by atoms with Gasteiger partial charge in [-0.05, 0) is 23.8 Å². The second-order valence-electron chi connectivity index (χ2n) is 3.25. The Balaban J connectivity index is 2.96. The van der Waals surface area contributed by atoms with Gasteiger partial charge in [-0.2, -0.15) is 13.2 Å². The van der Waals surface area contributed by atoms with Crippen molar-refractivity contribution in [2.24, 2.45) is 0 Å². The zero-order valence-corrected chi connectivity index (χ0v) is 9.27. The van der Waals surface area contributed by atoms with Gasteiger partial charge < -0.3 is 10.4 Å². The summed E-state index contributed by atoms with van der Waals surface area (Å²) in [6, 6.07) is 2.66. The molecule has 0 atom stereocenters. The summed E-state index contributed by atoms with van der Waals surface area (Å²) in [6.45, 7) is -0.338. The Kier molecular flexibility index (Phi) is 4.22. The molecule has 0 fully saturated rings. The van der Waals surface area contributed by atoms with Crippen molar-refractivity contribution in [3.05, 3.63) is 29.3 Å². The van der Waals surface area contributed by atoms with Crippen LogP contribution >= 0.6 is 11.6 Å². The Hall–Kier alpha value is -1.43. The number of hydrogen-bond acceptors (Lipinski definition) is 2. The number of rotatable bonds is 3. The third kappa shape index (κ3) is 3.81. The van der Waals surface area contributed by atoms with Crippen LogP contribution in [-0.4, -0.2) is 16.9 Å². The minimum absolute atomic E-state index is 0.212. The Morgan fingerprint density at radius 2 is 2.06 bits per heavy atom. The maximum Gasteiger partial charge on any atom is 0.416 e. The average molecular weight is 268 g/mol. The lowest BCUT2D eigenvalue weighted by Gasteiger charge is -2.13. The highest BCUT2D eigenvalue weighted by Crippen LogP contribution is 2.33. The number of alkyl halides is 4. The van der Waals surface area contributed by atoms with Crippen LogP contribution in [0.15, 0.2) is 18.2 Å². The quantitative estimate of drug-likeness (QED) is 0.826. The summed E-state index contributed by atoms with van der Waals surface area (Å²) >= 11 is 5.20. The standard InChI is InChI=1S/C10H9ClF3NO2/c11-4-9(17)15-5-6-3-7(16)1-2-8(6)10(12,13)14/h1-3,16H,4-5H2,(H,15,17). The predicted octanol–water partition coefficient (Wildman–Crippen LogP) is 2.27. The van der Waals surface area contributed by atoms with Gasteiger partial charge in [-0.15, -0.1) is 11.6 Å². The summed E-state index contributed by atoms with van der Waals surface area (Å²) in [7, 11) is 0. The van der Waals surface area contributed by atoms with E-state index >= 15 is 0 Å². The molecule has 17 heavy (non-hydrogen) atoms. The van der Waals surface area contributed by atoms with E-state index in [1.54, 1.807) is 0 Å². The van der Waals surface area contributed by atoms with Crippen LogP contribution in [-0.2, 0) is 17.5 Å². The van der Waals surface area contributed by atoms with E-state index in [2.05, 4.69) is 5.32 Å². The molecular weight excluding hydrogens is 259 g/mol. The normalized spacial score (nSPS) is 11.3. The van der Waals surface area contributed by atoms with E-state index in [1.807, 2.05) is 0 Å². The zero-order valence-electron chi connectivity index (χ0n) is 8.51. The molecule has 0 saturated heterocycles. The first-order chi connectivity index (χ1) is 7.84. The van der Waals surface area contributed by atoms with Crippen molar-refractivity contribution < 1.29 is 23.1 Å². The number of phenols is 1. The molecular formula is C10H9ClF3NO2. The molecule has 0 saturated carbocycles. The molecule has 1 rings (SSSR count). The van der Waals surface area contributed by atoms with Gasteiger partial charge in [0.1, 0.15) is 11.6 Å². The van der Waals surface area contributed by atoms with Crippen molar-refractivity contribution in [3.8, 4) is 5.75 Å². The molecule has 1 aromatic carbocycles. The maximum absolute atomic E-state index is 12.6. The number of aromatic hydroxyl groups is 1. The van der Waals surface area contributed by atoms with Gasteiger partial charge >= 0.3 is 6.18 Å². The summed E-state index contributed by atoms with van der Waals surface area (Å²) in [5.74, 6) is -1.21. The first-order valence-electron chi connectivity index (χ1n) is 4.56. The molecule has 0 aromatic heterocycles. The SMILES string of the molecule is O=C(CCl)NCc1cc(O)ccc1C(F)(F)F. The largest absolute Gasteiger partial charge is 0.508 e. The highest BCUT2D eigenvalue weighted by atomic mass is 35.5. The van der Waals surface area contributed by atoms with Gasteiger partial charge in [0.15, 0.2) is 0 Å². The van der Waals surface area contributed by atoms with Crippen molar-refractivity contribution in [2.45, 2.75) is 12.7 Å². The fourth-order valence-electron chi connectivity index (χ4n) is 1.24. The van der Waals surface area contributed by atoms with E-state index in [1.165, 1.54) is 0 Å². The Morgan fingerprint density at radius 3 is 2.59 bits per heavy atom. The van der Waals surface area contributed by atoms with Crippen molar-refractivity contribution in [1.29, 1.82) is 0 Å². The van der Waals surface area contributed by atoms with Crippen LogP contribution in [0.25, 0.3) is 0 Å². The lowest BCUT2D eigenvalue weighted by Crippen LogP contribution is -2.25. The summed E-state index contributed by atoms with van der Waals surface area (Å²) < 4.78 is 37.7. The van der Waals surface area contributed by atoms with Crippen LogP contribution in [0.1, 0.15) is 11.1 Å². The molecule has 1 aromatic rings. The van der Waals surface area contributed by atoms with Gasteiger partial charge in [0.2, 0.25) is 5.91 Å². The molecule has 0 bridgehead atoms. The molecule has 0 spiro atoms.